The molecule has 8 N–H and O–H groups in total. The zero-order valence-corrected chi connectivity index (χ0v) is 17.7. The number of nitrogens with one attached hydrogen (secondary N) is 4. The molecule has 1 rings (SSSR count). The highest BCUT2D eigenvalue weighted by Crippen LogP contribution is 2.07. The normalized spacial score (nSPS) is 18.5. The highest BCUT2D eigenvalue weighted by Gasteiger charge is 2.30. The second-order valence-electron chi connectivity index (χ2n) is 7.56. The molecule has 0 radical (unpaired) electrons. The summed E-state index contributed by atoms with van der Waals surface area (Å²) in [6.07, 6.45) is 2.27. The smallest absolute Gasteiger partial charge is 0.326 e. The summed E-state index contributed by atoms with van der Waals surface area (Å²) >= 11 is 0. The lowest BCUT2D eigenvalue weighted by Crippen LogP contribution is -2.56. The fourth-order valence-corrected chi connectivity index (χ4v) is 3.14. The van der Waals surface area contributed by atoms with E-state index in [1.165, 1.54) is 6.92 Å². The molecule has 1 aliphatic rings. The third kappa shape index (κ3) is 9.75. The molecule has 1 heterocycles. The van der Waals surface area contributed by atoms with Crippen LogP contribution < -0.4 is 27.0 Å². The van der Waals surface area contributed by atoms with Crippen LogP contribution in [0.15, 0.2) is 0 Å². The predicted octanol–water partition coefficient (Wildman–Crippen LogP) is -1.71. The van der Waals surface area contributed by atoms with Gasteiger partial charge >= 0.3 is 11.9 Å². The summed E-state index contributed by atoms with van der Waals surface area (Å²) in [6, 6.07) is -3.79. The van der Waals surface area contributed by atoms with Crippen LogP contribution >= 0.6 is 0 Å². The van der Waals surface area contributed by atoms with Gasteiger partial charge in [0.25, 0.3) is 0 Å². The number of rotatable bonds is 14. The van der Waals surface area contributed by atoms with Crippen LogP contribution in [0.1, 0.15) is 51.9 Å². The highest BCUT2D eigenvalue weighted by molar-refractivity contribution is 5.94. The average Bonchev–Trinajstić information content (AvgIpc) is 3.24. The van der Waals surface area contributed by atoms with Gasteiger partial charge in [0, 0.05) is 6.42 Å². The number of hydrogen-bond acceptors (Lipinski definition) is 7. The Morgan fingerprint density at radius 1 is 1.00 bits per heavy atom. The van der Waals surface area contributed by atoms with E-state index >= 15 is 0 Å². The Bertz CT molecular complexity index is 652. The second kappa shape index (κ2) is 13.5. The number of carbonyl (C=O) groups is 5. The van der Waals surface area contributed by atoms with Crippen LogP contribution in [0.25, 0.3) is 0 Å². The fraction of sp³-hybridized carbons (Fsp3) is 0.737. The highest BCUT2D eigenvalue weighted by atomic mass is 16.4. The molecule has 1 saturated heterocycles. The Morgan fingerprint density at radius 3 is 2.26 bits per heavy atom. The second-order valence-corrected chi connectivity index (χ2v) is 7.56. The van der Waals surface area contributed by atoms with Gasteiger partial charge in [0.2, 0.25) is 17.7 Å². The minimum atomic E-state index is -1.19. The zero-order chi connectivity index (χ0) is 23.4. The van der Waals surface area contributed by atoms with E-state index < -0.39 is 53.8 Å². The minimum absolute atomic E-state index is 0.148. The van der Waals surface area contributed by atoms with E-state index in [1.807, 2.05) is 0 Å². The largest absolute Gasteiger partial charge is 0.481 e. The molecule has 0 aromatic rings. The first-order chi connectivity index (χ1) is 14.6. The number of hydrogen-bond donors (Lipinski definition) is 7. The molecule has 12 heteroatoms. The molecule has 4 atom stereocenters. The molecule has 0 aliphatic carbocycles. The maximum absolute atomic E-state index is 12.6. The zero-order valence-electron chi connectivity index (χ0n) is 17.7. The van der Waals surface area contributed by atoms with Crippen LogP contribution in [0, 0.1) is 0 Å². The van der Waals surface area contributed by atoms with Crippen LogP contribution in [0.2, 0.25) is 0 Å². The summed E-state index contributed by atoms with van der Waals surface area (Å²) in [6.45, 7) is 2.46. The number of amides is 3. The van der Waals surface area contributed by atoms with Crippen molar-refractivity contribution in [3.63, 3.8) is 0 Å². The lowest BCUT2D eigenvalue weighted by Gasteiger charge is -2.23. The summed E-state index contributed by atoms with van der Waals surface area (Å²) < 4.78 is 0. The van der Waals surface area contributed by atoms with E-state index in [2.05, 4.69) is 21.3 Å². The topological polar surface area (TPSA) is 200 Å². The summed E-state index contributed by atoms with van der Waals surface area (Å²) in [4.78, 5) is 59.5. The van der Waals surface area contributed by atoms with Crippen LogP contribution in [-0.2, 0) is 24.0 Å². The van der Waals surface area contributed by atoms with Crippen LogP contribution in [0.4, 0.5) is 0 Å². The van der Waals surface area contributed by atoms with Crippen molar-refractivity contribution in [3.8, 4) is 0 Å². The Balaban J connectivity index is 2.68. The van der Waals surface area contributed by atoms with Gasteiger partial charge < -0.3 is 37.2 Å². The van der Waals surface area contributed by atoms with Crippen molar-refractivity contribution in [1.29, 1.82) is 0 Å². The number of carboxylic acid groups (broad SMARTS) is 2. The quantitative estimate of drug-likeness (QED) is 0.153. The van der Waals surface area contributed by atoms with Gasteiger partial charge in [-0.3, -0.25) is 19.2 Å². The summed E-state index contributed by atoms with van der Waals surface area (Å²) in [5.41, 5.74) is 5.39. The maximum atomic E-state index is 12.6. The summed E-state index contributed by atoms with van der Waals surface area (Å²) in [5.74, 6) is -4.15. The van der Waals surface area contributed by atoms with E-state index in [0.717, 1.165) is 6.42 Å². The molecule has 1 fully saturated rings. The van der Waals surface area contributed by atoms with E-state index in [0.29, 0.717) is 32.4 Å². The molecule has 0 spiro atoms. The SMILES string of the molecule is C[C@H](NC(=O)[C@H](CCC(=O)O)NC(=O)[C@@H]1CCCN1)C(=O)N[C@@H](CCCCN)C(=O)O. The molecule has 0 aromatic heterocycles. The van der Waals surface area contributed by atoms with Crippen molar-refractivity contribution >= 4 is 29.7 Å². The number of carboxylic acids is 2. The standard InChI is InChI=1S/C19H33N5O7/c1-11(16(27)24-14(19(30)31)5-2-3-9-20)22-18(29)13(7-8-15(25)26)23-17(28)12-6-4-10-21-12/h11-14,21H,2-10,20H2,1H3,(H,22,29)(H,23,28)(H,24,27)(H,25,26)(H,30,31)/t11-,12-,13-,14-/m0/s1. The fourth-order valence-electron chi connectivity index (χ4n) is 3.14. The predicted molar refractivity (Wildman–Crippen MR) is 110 cm³/mol. The first-order valence-electron chi connectivity index (χ1n) is 10.4. The number of aliphatic carboxylic acids is 2. The molecular weight excluding hydrogens is 410 g/mol. The van der Waals surface area contributed by atoms with Crippen LogP contribution in [-0.4, -0.2) is 77.1 Å². The van der Waals surface area contributed by atoms with Gasteiger partial charge in [-0.15, -0.1) is 0 Å². The van der Waals surface area contributed by atoms with Crippen molar-refractivity contribution < 1.29 is 34.2 Å². The number of unbranched alkanes of at least 4 members (excludes halogenated alkanes) is 1. The van der Waals surface area contributed by atoms with E-state index in [4.69, 9.17) is 10.8 Å². The van der Waals surface area contributed by atoms with E-state index in [-0.39, 0.29) is 19.3 Å². The molecule has 0 unspecified atom stereocenters. The average molecular weight is 444 g/mol. The summed E-state index contributed by atoms with van der Waals surface area (Å²) in [5, 5.41) is 28.5. The molecule has 1 aliphatic heterocycles. The Hall–Kier alpha value is -2.73. The molecule has 31 heavy (non-hydrogen) atoms. The molecule has 0 saturated carbocycles. The first kappa shape index (κ1) is 26.3. The number of carbonyl (C=O) groups excluding carboxylic acids is 3. The lowest BCUT2D eigenvalue weighted by atomic mass is 10.1. The van der Waals surface area contributed by atoms with Crippen LogP contribution in [0.5, 0.6) is 0 Å². The lowest BCUT2D eigenvalue weighted by molar-refractivity contribution is -0.142. The van der Waals surface area contributed by atoms with Gasteiger partial charge in [0.05, 0.1) is 6.04 Å². The molecule has 0 aromatic carbocycles. The van der Waals surface area contributed by atoms with Gasteiger partial charge in [-0.05, 0) is 58.5 Å². The molecule has 176 valence electrons. The third-order valence-corrected chi connectivity index (χ3v) is 4.97. The van der Waals surface area contributed by atoms with Gasteiger partial charge in [-0.25, -0.2) is 4.79 Å². The molecule has 0 bridgehead atoms. The van der Waals surface area contributed by atoms with E-state index in [9.17, 15) is 29.1 Å². The Kier molecular flexibility index (Phi) is 11.5. The molecule has 12 nitrogen and oxygen atoms in total. The van der Waals surface area contributed by atoms with Crippen molar-refractivity contribution in [2.45, 2.75) is 76.0 Å². The maximum Gasteiger partial charge on any atom is 0.326 e. The number of nitrogens with two attached hydrogens (primary N) is 1. The van der Waals surface area contributed by atoms with Crippen LogP contribution in [0.3, 0.4) is 0 Å². The van der Waals surface area contributed by atoms with Crippen molar-refractivity contribution in [2.75, 3.05) is 13.1 Å². The van der Waals surface area contributed by atoms with Crippen molar-refractivity contribution in [1.82, 2.24) is 21.3 Å². The molecule has 3 amide bonds. The van der Waals surface area contributed by atoms with Gasteiger partial charge in [-0.2, -0.15) is 0 Å². The molecular formula is C19H33N5O7. The van der Waals surface area contributed by atoms with Crippen molar-refractivity contribution in [2.24, 2.45) is 5.73 Å². The monoisotopic (exact) mass is 443 g/mol. The summed E-state index contributed by atoms with van der Waals surface area (Å²) in [7, 11) is 0. The first-order valence-corrected chi connectivity index (χ1v) is 10.4. The Labute approximate surface area is 180 Å². The van der Waals surface area contributed by atoms with Gasteiger partial charge in [0.15, 0.2) is 0 Å². The van der Waals surface area contributed by atoms with E-state index in [1.54, 1.807) is 0 Å². The van der Waals surface area contributed by atoms with Gasteiger partial charge in [-0.1, -0.05) is 0 Å². The third-order valence-electron chi connectivity index (χ3n) is 4.97. The van der Waals surface area contributed by atoms with Gasteiger partial charge in [0.1, 0.15) is 18.1 Å². The Morgan fingerprint density at radius 2 is 1.71 bits per heavy atom. The van der Waals surface area contributed by atoms with Crippen molar-refractivity contribution in [3.05, 3.63) is 0 Å². The minimum Gasteiger partial charge on any atom is -0.481 e.